The fraction of sp³-hybridized carbons (Fsp3) is 0.435. The maximum absolute atomic E-state index is 13.3. The van der Waals surface area contributed by atoms with E-state index in [1.165, 1.54) is 0 Å². The van der Waals surface area contributed by atoms with E-state index in [2.05, 4.69) is 18.7 Å². The van der Waals surface area contributed by atoms with Gasteiger partial charge in [0.2, 0.25) is 5.91 Å². The summed E-state index contributed by atoms with van der Waals surface area (Å²) in [5, 5.41) is 0. The molecular weight excluding hydrogens is 352 g/mol. The molecule has 0 N–H and O–H groups in total. The predicted molar refractivity (Wildman–Crippen MR) is 113 cm³/mol. The number of carbonyl (C=O) groups excluding carboxylic acids is 1. The third-order valence-electron chi connectivity index (χ3n) is 5.09. The molecule has 1 unspecified atom stereocenters. The number of hydrogen-bond acceptors (Lipinski definition) is 4. The first-order valence-corrected chi connectivity index (χ1v) is 9.80. The highest BCUT2D eigenvalue weighted by Crippen LogP contribution is 2.28. The quantitative estimate of drug-likeness (QED) is 0.625. The van der Waals surface area contributed by atoms with Crippen molar-refractivity contribution in [3.63, 3.8) is 0 Å². The van der Waals surface area contributed by atoms with E-state index in [1.807, 2.05) is 60.5 Å². The highest BCUT2D eigenvalue weighted by molar-refractivity contribution is 5.83. The minimum atomic E-state index is -0.258. The van der Waals surface area contributed by atoms with Crippen molar-refractivity contribution in [1.29, 1.82) is 0 Å². The second-order valence-electron chi connectivity index (χ2n) is 6.73. The normalized spacial score (nSPS) is 11.9. The number of carbonyl (C=O) groups is 1. The maximum atomic E-state index is 13.3. The monoisotopic (exact) mass is 384 g/mol. The minimum Gasteiger partial charge on any atom is -0.493 e. The molecule has 0 aliphatic carbocycles. The van der Waals surface area contributed by atoms with Crippen LogP contribution in [0.15, 0.2) is 48.5 Å². The van der Waals surface area contributed by atoms with Crippen LogP contribution in [0.3, 0.4) is 0 Å². The fourth-order valence-electron chi connectivity index (χ4n) is 3.39. The molecule has 0 aromatic heterocycles. The van der Waals surface area contributed by atoms with Crippen LogP contribution in [0.2, 0.25) is 0 Å². The highest BCUT2D eigenvalue weighted by atomic mass is 16.5. The molecule has 1 atom stereocenters. The largest absolute Gasteiger partial charge is 0.493 e. The molecule has 0 bridgehead atoms. The predicted octanol–water partition coefficient (Wildman–Crippen LogP) is 3.79. The van der Waals surface area contributed by atoms with Crippen molar-refractivity contribution in [3.8, 4) is 11.5 Å². The molecule has 0 heterocycles. The molecule has 2 aromatic carbocycles. The number of benzene rings is 2. The minimum absolute atomic E-state index is 0.121. The number of rotatable bonds is 10. The van der Waals surface area contributed by atoms with Crippen LogP contribution in [0.4, 0.5) is 0 Å². The summed E-state index contributed by atoms with van der Waals surface area (Å²) < 4.78 is 10.7. The number of likely N-dealkylation sites (N-methyl/N-ethyl adjacent to an activating group) is 2. The van der Waals surface area contributed by atoms with Crippen LogP contribution in [0.5, 0.6) is 11.5 Å². The van der Waals surface area contributed by atoms with Crippen molar-refractivity contribution in [3.05, 3.63) is 59.7 Å². The van der Waals surface area contributed by atoms with Gasteiger partial charge in [-0.1, -0.05) is 50.2 Å². The van der Waals surface area contributed by atoms with Gasteiger partial charge in [0, 0.05) is 13.6 Å². The Labute approximate surface area is 168 Å². The fourth-order valence-corrected chi connectivity index (χ4v) is 3.39. The third kappa shape index (κ3) is 5.26. The molecule has 1 amide bonds. The van der Waals surface area contributed by atoms with Gasteiger partial charge in [0.15, 0.2) is 11.5 Å². The zero-order chi connectivity index (χ0) is 20.5. The van der Waals surface area contributed by atoms with E-state index in [0.717, 1.165) is 30.6 Å². The van der Waals surface area contributed by atoms with Crippen molar-refractivity contribution in [2.75, 3.05) is 40.9 Å². The van der Waals surface area contributed by atoms with Gasteiger partial charge < -0.3 is 14.4 Å². The van der Waals surface area contributed by atoms with Gasteiger partial charge in [-0.3, -0.25) is 9.69 Å². The number of ether oxygens (including phenoxy) is 2. The second kappa shape index (κ2) is 10.7. The number of methoxy groups -OCH3 is 2. The Morgan fingerprint density at radius 3 is 2.18 bits per heavy atom. The van der Waals surface area contributed by atoms with E-state index in [-0.39, 0.29) is 11.9 Å². The van der Waals surface area contributed by atoms with Crippen molar-refractivity contribution in [1.82, 2.24) is 9.80 Å². The smallest absolute Gasteiger partial charge is 0.244 e. The van der Waals surface area contributed by atoms with Crippen molar-refractivity contribution < 1.29 is 14.3 Å². The summed E-state index contributed by atoms with van der Waals surface area (Å²) in [6.45, 7) is 6.47. The summed E-state index contributed by atoms with van der Waals surface area (Å²) in [6, 6.07) is 15.6. The average Bonchev–Trinajstić information content (AvgIpc) is 2.75. The van der Waals surface area contributed by atoms with E-state index in [9.17, 15) is 4.79 Å². The lowest BCUT2D eigenvalue weighted by Gasteiger charge is -2.32. The summed E-state index contributed by atoms with van der Waals surface area (Å²) in [6.07, 6.45) is 0.752. The zero-order valence-electron chi connectivity index (χ0n) is 17.6. The maximum Gasteiger partial charge on any atom is 0.244 e. The molecule has 0 aliphatic heterocycles. The van der Waals surface area contributed by atoms with E-state index in [1.54, 1.807) is 14.2 Å². The Morgan fingerprint density at radius 1 is 0.964 bits per heavy atom. The first-order chi connectivity index (χ1) is 13.5. The number of amides is 1. The van der Waals surface area contributed by atoms with Gasteiger partial charge in [-0.05, 0) is 42.8 Å². The first-order valence-electron chi connectivity index (χ1n) is 9.80. The van der Waals surface area contributed by atoms with E-state index in [4.69, 9.17) is 9.47 Å². The van der Waals surface area contributed by atoms with Crippen LogP contribution in [0.1, 0.15) is 31.0 Å². The Morgan fingerprint density at radius 2 is 1.61 bits per heavy atom. The van der Waals surface area contributed by atoms with Crippen molar-refractivity contribution >= 4 is 5.91 Å². The lowest BCUT2D eigenvalue weighted by Crippen LogP contribution is -2.42. The van der Waals surface area contributed by atoms with Gasteiger partial charge in [-0.2, -0.15) is 0 Å². The highest BCUT2D eigenvalue weighted by Gasteiger charge is 2.28. The van der Waals surface area contributed by atoms with Crippen molar-refractivity contribution in [2.24, 2.45) is 0 Å². The molecule has 5 heteroatoms. The molecule has 28 heavy (non-hydrogen) atoms. The number of hydrogen-bond donors (Lipinski definition) is 0. The summed E-state index contributed by atoms with van der Waals surface area (Å²) in [4.78, 5) is 17.3. The van der Waals surface area contributed by atoms with Crippen molar-refractivity contribution in [2.45, 2.75) is 26.3 Å². The Hall–Kier alpha value is -2.53. The van der Waals surface area contributed by atoms with Gasteiger partial charge in [0.25, 0.3) is 0 Å². The Kier molecular flexibility index (Phi) is 8.33. The molecule has 152 valence electrons. The molecule has 5 nitrogen and oxygen atoms in total. The van der Waals surface area contributed by atoms with Crippen LogP contribution < -0.4 is 9.47 Å². The lowest BCUT2D eigenvalue weighted by molar-refractivity contribution is -0.135. The van der Waals surface area contributed by atoms with Gasteiger partial charge in [-0.25, -0.2) is 0 Å². The Balaban J connectivity index is 2.12. The molecule has 0 spiro atoms. The molecule has 0 saturated carbocycles. The van der Waals surface area contributed by atoms with Crippen LogP contribution >= 0.6 is 0 Å². The van der Waals surface area contributed by atoms with Crippen LogP contribution in [-0.2, 0) is 11.2 Å². The molecule has 0 aliphatic rings. The van der Waals surface area contributed by atoms with Gasteiger partial charge in [0.1, 0.15) is 6.04 Å². The molecule has 0 radical (unpaired) electrons. The van der Waals surface area contributed by atoms with Gasteiger partial charge in [-0.15, -0.1) is 0 Å². The van der Waals surface area contributed by atoms with Crippen LogP contribution in [0.25, 0.3) is 0 Å². The summed E-state index contributed by atoms with van der Waals surface area (Å²) in [5.41, 5.74) is 2.14. The Bertz CT molecular complexity index is 745. The first kappa shape index (κ1) is 21.8. The molecule has 2 aromatic rings. The summed E-state index contributed by atoms with van der Waals surface area (Å²) >= 11 is 0. The van der Waals surface area contributed by atoms with E-state index < -0.39 is 0 Å². The van der Waals surface area contributed by atoms with E-state index >= 15 is 0 Å². The van der Waals surface area contributed by atoms with E-state index in [0.29, 0.717) is 18.0 Å². The molecule has 2 rings (SSSR count). The molecule has 0 fully saturated rings. The lowest BCUT2D eigenvalue weighted by atomic mass is 10.0. The van der Waals surface area contributed by atoms with Crippen LogP contribution in [0, 0.1) is 0 Å². The average molecular weight is 385 g/mol. The molecule has 0 saturated heterocycles. The second-order valence-corrected chi connectivity index (χ2v) is 6.73. The van der Waals surface area contributed by atoms with Gasteiger partial charge in [0.05, 0.1) is 14.2 Å². The summed E-state index contributed by atoms with van der Waals surface area (Å²) in [7, 11) is 5.13. The van der Waals surface area contributed by atoms with Crippen LogP contribution in [-0.4, -0.2) is 56.6 Å². The summed E-state index contributed by atoms with van der Waals surface area (Å²) in [5.74, 6) is 1.54. The van der Waals surface area contributed by atoms with Gasteiger partial charge >= 0.3 is 0 Å². The third-order valence-corrected chi connectivity index (χ3v) is 5.09. The number of nitrogens with zero attached hydrogens (tertiary/aromatic N) is 2. The standard InChI is InChI=1S/C23H32N2O3/c1-6-25(7-2)22(19-11-9-8-10-12-19)23(26)24(3)16-15-18-13-14-20(27-4)21(17-18)28-5/h8-14,17,22H,6-7,15-16H2,1-5H3. The molecular formula is C23H32N2O3. The zero-order valence-corrected chi connectivity index (χ0v) is 17.6. The topological polar surface area (TPSA) is 42.0 Å². The SMILES string of the molecule is CCN(CC)C(C(=O)N(C)CCc1ccc(OC)c(OC)c1)c1ccccc1.